The molecule has 1 aliphatic heterocycles. The molecule has 144 valence electrons. The Labute approximate surface area is 161 Å². The van der Waals surface area contributed by atoms with Crippen LogP contribution in [0.15, 0.2) is 42.6 Å². The maximum atomic E-state index is 12.1. The molecule has 0 aliphatic carbocycles. The second-order valence-corrected chi connectivity index (χ2v) is 6.82. The van der Waals surface area contributed by atoms with Gasteiger partial charge in [-0.05, 0) is 43.2 Å². The van der Waals surface area contributed by atoms with Crippen LogP contribution in [0, 0.1) is 6.92 Å². The number of piperazine rings is 1. The van der Waals surface area contributed by atoms with Gasteiger partial charge in [0, 0.05) is 58.3 Å². The Balaban J connectivity index is 1.52. The van der Waals surface area contributed by atoms with E-state index in [0.29, 0.717) is 18.7 Å². The predicted molar refractivity (Wildman–Crippen MR) is 109 cm³/mol. The number of carbonyl (C=O) groups is 1. The fraction of sp³-hybridized carbons (Fsp3) is 0.429. The van der Waals surface area contributed by atoms with Crippen molar-refractivity contribution in [1.82, 2.24) is 10.3 Å². The van der Waals surface area contributed by atoms with Gasteiger partial charge in [-0.2, -0.15) is 0 Å². The summed E-state index contributed by atoms with van der Waals surface area (Å²) < 4.78 is 4.98. The Morgan fingerprint density at radius 2 is 1.93 bits per heavy atom. The molecule has 3 rings (SSSR count). The Bertz CT molecular complexity index is 740. The number of nitrogens with zero attached hydrogens (tertiary/aromatic N) is 3. The maximum absolute atomic E-state index is 12.1. The van der Waals surface area contributed by atoms with Gasteiger partial charge in [-0.25, -0.2) is 4.98 Å². The van der Waals surface area contributed by atoms with E-state index in [2.05, 4.69) is 51.3 Å². The number of benzene rings is 1. The van der Waals surface area contributed by atoms with E-state index < -0.39 is 0 Å². The lowest BCUT2D eigenvalue weighted by atomic mass is 10.2. The Hall–Kier alpha value is -2.60. The third-order valence-electron chi connectivity index (χ3n) is 4.79. The van der Waals surface area contributed by atoms with Crippen molar-refractivity contribution in [3.05, 3.63) is 53.7 Å². The van der Waals surface area contributed by atoms with Gasteiger partial charge in [0.25, 0.3) is 5.91 Å². The van der Waals surface area contributed by atoms with Crippen LogP contribution in [0.2, 0.25) is 0 Å². The largest absolute Gasteiger partial charge is 0.385 e. The van der Waals surface area contributed by atoms with Crippen molar-refractivity contribution >= 4 is 17.4 Å². The lowest BCUT2D eigenvalue weighted by molar-refractivity contribution is 0.0948. The van der Waals surface area contributed by atoms with E-state index in [-0.39, 0.29) is 5.91 Å². The zero-order valence-corrected chi connectivity index (χ0v) is 16.1. The second kappa shape index (κ2) is 9.37. The molecule has 2 aromatic rings. The average Bonchev–Trinajstić information content (AvgIpc) is 2.71. The minimum absolute atomic E-state index is 0.0885. The van der Waals surface area contributed by atoms with E-state index in [1.54, 1.807) is 13.3 Å². The standard InChI is InChI=1S/C21H28N4O2/c1-17-5-3-6-19(15-17)24-10-12-25(13-11-24)20-8-7-18(16-23-20)21(26)22-9-4-14-27-2/h3,5-8,15-16H,4,9-14H2,1-2H3,(H,22,26). The highest BCUT2D eigenvalue weighted by atomic mass is 16.5. The summed E-state index contributed by atoms with van der Waals surface area (Å²) in [6, 6.07) is 12.4. The van der Waals surface area contributed by atoms with Gasteiger partial charge in [-0.3, -0.25) is 4.79 Å². The number of ether oxygens (including phenoxy) is 1. The number of methoxy groups -OCH3 is 1. The Morgan fingerprint density at radius 3 is 2.59 bits per heavy atom. The summed E-state index contributed by atoms with van der Waals surface area (Å²) in [6.07, 6.45) is 2.47. The molecule has 1 amide bonds. The van der Waals surface area contributed by atoms with Gasteiger partial charge in [0.1, 0.15) is 5.82 Å². The van der Waals surface area contributed by atoms with Crippen molar-refractivity contribution in [2.45, 2.75) is 13.3 Å². The smallest absolute Gasteiger partial charge is 0.252 e. The molecule has 27 heavy (non-hydrogen) atoms. The van der Waals surface area contributed by atoms with Crippen LogP contribution in [0.5, 0.6) is 0 Å². The van der Waals surface area contributed by atoms with Crippen LogP contribution in [0.4, 0.5) is 11.5 Å². The lowest BCUT2D eigenvalue weighted by Crippen LogP contribution is -2.46. The molecule has 0 spiro atoms. The van der Waals surface area contributed by atoms with Crippen molar-refractivity contribution in [2.24, 2.45) is 0 Å². The third-order valence-corrected chi connectivity index (χ3v) is 4.79. The van der Waals surface area contributed by atoms with Gasteiger partial charge < -0.3 is 19.9 Å². The summed E-state index contributed by atoms with van der Waals surface area (Å²) >= 11 is 0. The number of hydrogen-bond acceptors (Lipinski definition) is 5. The Kier molecular flexibility index (Phi) is 6.65. The predicted octanol–water partition coefficient (Wildman–Crippen LogP) is 2.48. The van der Waals surface area contributed by atoms with Crippen LogP contribution in [0.25, 0.3) is 0 Å². The molecule has 1 aliphatic rings. The summed E-state index contributed by atoms with van der Waals surface area (Å²) in [5.41, 5.74) is 3.16. The number of carbonyl (C=O) groups excluding carboxylic acids is 1. The summed E-state index contributed by atoms with van der Waals surface area (Å²) in [5, 5.41) is 2.88. The number of hydrogen-bond donors (Lipinski definition) is 1. The van der Waals surface area contributed by atoms with Crippen LogP contribution < -0.4 is 15.1 Å². The van der Waals surface area contributed by atoms with Gasteiger partial charge in [-0.15, -0.1) is 0 Å². The van der Waals surface area contributed by atoms with Crippen LogP contribution in [-0.2, 0) is 4.74 Å². The van der Waals surface area contributed by atoms with Crippen molar-refractivity contribution < 1.29 is 9.53 Å². The van der Waals surface area contributed by atoms with Crippen molar-refractivity contribution in [3.8, 4) is 0 Å². The van der Waals surface area contributed by atoms with Crippen LogP contribution in [0.3, 0.4) is 0 Å². The molecule has 0 unspecified atom stereocenters. The normalized spacial score (nSPS) is 14.3. The number of rotatable bonds is 7. The molecular formula is C21H28N4O2. The molecule has 1 saturated heterocycles. The van der Waals surface area contributed by atoms with E-state index in [0.717, 1.165) is 38.4 Å². The number of amides is 1. The SMILES string of the molecule is COCCCNC(=O)c1ccc(N2CCN(c3cccc(C)c3)CC2)nc1. The van der Waals surface area contributed by atoms with E-state index in [4.69, 9.17) is 4.74 Å². The first-order valence-corrected chi connectivity index (χ1v) is 9.47. The average molecular weight is 368 g/mol. The molecule has 0 atom stereocenters. The minimum Gasteiger partial charge on any atom is -0.385 e. The highest BCUT2D eigenvalue weighted by Crippen LogP contribution is 2.20. The molecule has 6 heteroatoms. The quantitative estimate of drug-likeness (QED) is 0.761. The molecule has 0 radical (unpaired) electrons. The summed E-state index contributed by atoms with van der Waals surface area (Å²) in [4.78, 5) is 21.3. The number of anilines is 2. The Morgan fingerprint density at radius 1 is 1.15 bits per heavy atom. The second-order valence-electron chi connectivity index (χ2n) is 6.82. The summed E-state index contributed by atoms with van der Waals surface area (Å²) in [6.45, 7) is 7.15. The third kappa shape index (κ3) is 5.20. The van der Waals surface area contributed by atoms with E-state index in [1.807, 2.05) is 12.1 Å². The highest BCUT2D eigenvalue weighted by molar-refractivity contribution is 5.94. The maximum Gasteiger partial charge on any atom is 0.252 e. The fourth-order valence-electron chi connectivity index (χ4n) is 3.25. The monoisotopic (exact) mass is 368 g/mol. The van der Waals surface area contributed by atoms with Gasteiger partial charge in [0.15, 0.2) is 0 Å². The van der Waals surface area contributed by atoms with Gasteiger partial charge in [-0.1, -0.05) is 12.1 Å². The fourth-order valence-corrected chi connectivity index (χ4v) is 3.25. The van der Waals surface area contributed by atoms with Crippen LogP contribution in [-0.4, -0.2) is 57.3 Å². The minimum atomic E-state index is -0.0885. The van der Waals surface area contributed by atoms with Crippen LogP contribution >= 0.6 is 0 Å². The number of nitrogens with one attached hydrogen (secondary N) is 1. The van der Waals surface area contributed by atoms with E-state index >= 15 is 0 Å². The van der Waals surface area contributed by atoms with E-state index in [1.165, 1.54) is 11.3 Å². The summed E-state index contributed by atoms with van der Waals surface area (Å²) in [5.74, 6) is 0.837. The summed E-state index contributed by atoms with van der Waals surface area (Å²) in [7, 11) is 1.66. The molecule has 1 fully saturated rings. The van der Waals surface area contributed by atoms with E-state index in [9.17, 15) is 4.79 Å². The van der Waals surface area contributed by atoms with Crippen molar-refractivity contribution in [3.63, 3.8) is 0 Å². The lowest BCUT2D eigenvalue weighted by Gasteiger charge is -2.36. The molecule has 0 bridgehead atoms. The number of aromatic nitrogens is 1. The number of pyridine rings is 1. The zero-order chi connectivity index (χ0) is 19.1. The van der Waals surface area contributed by atoms with Crippen molar-refractivity contribution in [2.75, 3.05) is 56.2 Å². The zero-order valence-electron chi connectivity index (χ0n) is 16.1. The molecule has 1 N–H and O–H groups in total. The highest BCUT2D eigenvalue weighted by Gasteiger charge is 2.18. The van der Waals surface area contributed by atoms with Crippen molar-refractivity contribution in [1.29, 1.82) is 0 Å². The van der Waals surface area contributed by atoms with Gasteiger partial charge in [0.2, 0.25) is 0 Å². The molecule has 1 aromatic carbocycles. The first-order chi connectivity index (χ1) is 13.2. The molecule has 1 aromatic heterocycles. The van der Waals surface area contributed by atoms with Crippen LogP contribution in [0.1, 0.15) is 22.3 Å². The molecular weight excluding hydrogens is 340 g/mol. The first-order valence-electron chi connectivity index (χ1n) is 9.47. The first kappa shape index (κ1) is 19.2. The topological polar surface area (TPSA) is 57.7 Å². The molecule has 2 heterocycles. The van der Waals surface area contributed by atoms with Gasteiger partial charge >= 0.3 is 0 Å². The molecule has 0 saturated carbocycles. The number of aryl methyl sites for hydroxylation is 1. The molecule has 6 nitrogen and oxygen atoms in total. The van der Waals surface area contributed by atoms with Gasteiger partial charge in [0.05, 0.1) is 5.56 Å².